The first-order valence-corrected chi connectivity index (χ1v) is 8.12. The molecule has 1 saturated heterocycles. The Balaban J connectivity index is 2.38. The molecule has 1 aliphatic heterocycles. The summed E-state index contributed by atoms with van der Waals surface area (Å²) in [6.45, 7) is 0.209. The van der Waals surface area contributed by atoms with E-state index in [2.05, 4.69) is 0 Å². The fourth-order valence-electron chi connectivity index (χ4n) is 2.48. The zero-order valence-electron chi connectivity index (χ0n) is 11.2. The predicted octanol–water partition coefficient (Wildman–Crippen LogP) is 0.900. The zero-order valence-corrected chi connectivity index (χ0v) is 12.0. The van der Waals surface area contributed by atoms with Crippen molar-refractivity contribution in [2.24, 2.45) is 0 Å². The first-order valence-electron chi connectivity index (χ1n) is 6.68. The van der Waals surface area contributed by atoms with E-state index in [-0.39, 0.29) is 22.9 Å². The lowest BCUT2D eigenvalue weighted by Gasteiger charge is -2.27. The number of sulfonamides is 1. The van der Waals surface area contributed by atoms with Crippen molar-refractivity contribution < 1.29 is 18.6 Å². The topological polar surface area (TPSA) is 104 Å². The third-order valence-electron chi connectivity index (χ3n) is 3.64. The van der Waals surface area contributed by atoms with Gasteiger partial charge in [0, 0.05) is 12.6 Å². The van der Waals surface area contributed by atoms with Gasteiger partial charge in [0.1, 0.15) is 5.75 Å². The maximum absolute atomic E-state index is 12.7. The second kappa shape index (κ2) is 5.99. The average molecular weight is 300 g/mol. The van der Waals surface area contributed by atoms with Gasteiger partial charge in [-0.05, 0) is 31.0 Å². The van der Waals surface area contributed by atoms with E-state index in [0.717, 1.165) is 19.3 Å². The Morgan fingerprint density at radius 1 is 1.30 bits per heavy atom. The Morgan fingerprint density at radius 3 is 2.70 bits per heavy atom. The molecule has 1 aliphatic rings. The van der Waals surface area contributed by atoms with Crippen molar-refractivity contribution in [2.75, 3.05) is 18.9 Å². The van der Waals surface area contributed by atoms with Gasteiger partial charge in [-0.15, -0.1) is 0 Å². The Kier molecular flexibility index (Phi) is 4.52. The van der Waals surface area contributed by atoms with Crippen molar-refractivity contribution >= 4 is 15.7 Å². The number of benzene rings is 1. The number of nitrogen functional groups attached to an aromatic ring is 1. The number of phenolic OH excluding ortho intramolecular Hbond substituents is 1. The van der Waals surface area contributed by atoms with Crippen LogP contribution in [0.3, 0.4) is 0 Å². The normalized spacial score (nSPS) is 21.6. The van der Waals surface area contributed by atoms with Gasteiger partial charge in [-0.3, -0.25) is 0 Å². The van der Waals surface area contributed by atoms with Gasteiger partial charge in [0.05, 0.1) is 17.2 Å². The molecule has 0 spiro atoms. The summed E-state index contributed by atoms with van der Waals surface area (Å²) in [5.41, 5.74) is 5.59. The number of nitrogens with two attached hydrogens (primary N) is 1. The van der Waals surface area contributed by atoms with Crippen molar-refractivity contribution in [2.45, 2.75) is 36.6 Å². The van der Waals surface area contributed by atoms with Crippen LogP contribution in [0, 0.1) is 0 Å². The van der Waals surface area contributed by atoms with Crippen LogP contribution in [-0.4, -0.2) is 42.1 Å². The second-order valence-corrected chi connectivity index (χ2v) is 6.91. The van der Waals surface area contributed by atoms with Gasteiger partial charge in [-0.2, -0.15) is 4.31 Å². The van der Waals surface area contributed by atoms with Gasteiger partial charge in [0.25, 0.3) is 0 Å². The van der Waals surface area contributed by atoms with Crippen LogP contribution in [0.4, 0.5) is 5.69 Å². The van der Waals surface area contributed by atoms with Crippen molar-refractivity contribution in [3.63, 3.8) is 0 Å². The maximum atomic E-state index is 12.7. The number of nitrogens with zero attached hydrogens (tertiary/aromatic N) is 1. The number of aliphatic hydroxyl groups excluding tert-OH is 1. The Morgan fingerprint density at radius 2 is 2.05 bits per heavy atom. The van der Waals surface area contributed by atoms with Crippen LogP contribution in [0.15, 0.2) is 23.1 Å². The molecule has 20 heavy (non-hydrogen) atoms. The first kappa shape index (κ1) is 15.1. The van der Waals surface area contributed by atoms with Crippen molar-refractivity contribution in [1.29, 1.82) is 0 Å². The van der Waals surface area contributed by atoms with Gasteiger partial charge in [-0.25, -0.2) is 8.42 Å². The molecule has 6 nitrogen and oxygen atoms in total. The predicted molar refractivity (Wildman–Crippen MR) is 75.8 cm³/mol. The summed E-state index contributed by atoms with van der Waals surface area (Å²) in [5, 5.41) is 18.8. The van der Waals surface area contributed by atoms with Crippen molar-refractivity contribution in [3.8, 4) is 5.75 Å². The van der Waals surface area contributed by atoms with Crippen LogP contribution in [0.2, 0.25) is 0 Å². The minimum Gasteiger partial charge on any atom is -0.506 e. The molecule has 0 saturated carbocycles. The Labute approximate surface area is 118 Å². The molecule has 1 atom stereocenters. The summed E-state index contributed by atoms with van der Waals surface area (Å²) in [5.74, 6) is -0.140. The van der Waals surface area contributed by atoms with E-state index in [4.69, 9.17) is 5.73 Å². The SMILES string of the molecule is Nc1cc(S(=O)(=O)N2CCCCCC2CO)ccc1O. The quantitative estimate of drug-likeness (QED) is 0.568. The third-order valence-corrected chi connectivity index (χ3v) is 5.59. The molecule has 0 aliphatic carbocycles. The van der Waals surface area contributed by atoms with Gasteiger partial charge >= 0.3 is 0 Å². The summed E-state index contributed by atoms with van der Waals surface area (Å²) in [4.78, 5) is 0.0492. The van der Waals surface area contributed by atoms with Crippen LogP contribution in [0.1, 0.15) is 25.7 Å². The summed E-state index contributed by atoms with van der Waals surface area (Å²) in [6.07, 6.45) is 3.31. The van der Waals surface area contributed by atoms with E-state index in [1.54, 1.807) is 0 Å². The molecule has 0 aromatic heterocycles. The van der Waals surface area contributed by atoms with Crippen LogP contribution in [0.5, 0.6) is 5.75 Å². The van der Waals surface area contributed by atoms with Crippen molar-refractivity contribution in [3.05, 3.63) is 18.2 Å². The lowest BCUT2D eigenvalue weighted by molar-refractivity contribution is 0.186. The second-order valence-electron chi connectivity index (χ2n) is 5.02. The highest BCUT2D eigenvalue weighted by atomic mass is 32.2. The molecule has 1 aromatic rings. The molecule has 112 valence electrons. The molecule has 1 fully saturated rings. The van der Waals surface area contributed by atoms with Crippen LogP contribution in [0.25, 0.3) is 0 Å². The highest BCUT2D eigenvalue weighted by Gasteiger charge is 2.32. The molecule has 2 rings (SSSR count). The maximum Gasteiger partial charge on any atom is 0.243 e. The van der Waals surface area contributed by atoms with E-state index < -0.39 is 16.1 Å². The lowest BCUT2D eigenvalue weighted by Crippen LogP contribution is -2.42. The van der Waals surface area contributed by atoms with Crippen molar-refractivity contribution in [1.82, 2.24) is 4.31 Å². The smallest absolute Gasteiger partial charge is 0.243 e. The largest absolute Gasteiger partial charge is 0.506 e. The molecular formula is C13H20N2O4S. The monoisotopic (exact) mass is 300 g/mol. The molecule has 1 aromatic carbocycles. The molecule has 1 heterocycles. The van der Waals surface area contributed by atoms with E-state index >= 15 is 0 Å². The molecular weight excluding hydrogens is 280 g/mol. The Bertz CT molecular complexity index is 574. The number of anilines is 1. The van der Waals surface area contributed by atoms with E-state index in [9.17, 15) is 18.6 Å². The lowest BCUT2D eigenvalue weighted by atomic mass is 10.1. The number of phenols is 1. The summed E-state index contributed by atoms with van der Waals surface area (Å²) >= 11 is 0. The third kappa shape index (κ3) is 2.89. The minimum atomic E-state index is -3.70. The van der Waals surface area contributed by atoms with Gasteiger partial charge in [0.15, 0.2) is 0 Å². The fraction of sp³-hybridized carbons (Fsp3) is 0.538. The number of hydrogen-bond acceptors (Lipinski definition) is 5. The van der Waals surface area contributed by atoms with Gasteiger partial charge in [-0.1, -0.05) is 12.8 Å². The number of rotatable bonds is 3. The number of aromatic hydroxyl groups is 1. The highest BCUT2D eigenvalue weighted by Crippen LogP contribution is 2.28. The van der Waals surface area contributed by atoms with E-state index in [1.165, 1.54) is 22.5 Å². The standard InChI is InChI=1S/C13H20N2O4S/c14-12-8-11(5-6-13(12)17)20(18,19)15-7-3-1-2-4-10(15)9-16/h5-6,8,10,16-17H,1-4,7,9,14H2. The van der Waals surface area contributed by atoms with Crippen LogP contribution < -0.4 is 5.73 Å². The fourth-order valence-corrected chi connectivity index (χ4v) is 4.20. The summed E-state index contributed by atoms with van der Waals surface area (Å²) in [7, 11) is -3.70. The first-order chi connectivity index (χ1) is 9.46. The molecule has 0 bridgehead atoms. The molecule has 0 radical (unpaired) electrons. The zero-order chi connectivity index (χ0) is 14.8. The van der Waals surface area contributed by atoms with Gasteiger partial charge in [0.2, 0.25) is 10.0 Å². The molecule has 1 unspecified atom stereocenters. The summed E-state index contributed by atoms with van der Waals surface area (Å²) in [6, 6.07) is 3.47. The van der Waals surface area contributed by atoms with Gasteiger partial charge < -0.3 is 15.9 Å². The van der Waals surface area contributed by atoms with Crippen LogP contribution >= 0.6 is 0 Å². The highest BCUT2D eigenvalue weighted by molar-refractivity contribution is 7.89. The average Bonchev–Trinajstić information content (AvgIpc) is 2.67. The van der Waals surface area contributed by atoms with Crippen LogP contribution in [-0.2, 0) is 10.0 Å². The number of hydrogen-bond donors (Lipinski definition) is 3. The van der Waals surface area contributed by atoms with E-state index in [0.29, 0.717) is 13.0 Å². The molecule has 0 amide bonds. The Hall–Kier alpha value is -1.31. The number of aliphatic hydroxyl groups is 1. The van der Waals surface area contributed by atoms with E-state index in [1.807, 2.05) is 0 Å². The minimum absolute atomic E-state index is 0.0291. The molecule has 4 N–H and O–H groups in total. The molecule has 7 heteroatoms. The summed E-state index contributed by atoms with van der Waals surface area (Å²) < 4.78 is 26.7.